The molecule has 3 aliphatic heterocycles. The summed E-state index contributed by atoms with van der Waals surface area (Å²) in [6.07, 6.45) is -15.0. The van der Waals surface area contributed by atoms with Crippen molar-refractivity contribution in [3.05, 3.63) is 62.4 Å². The van der Waals surface area contributed by atoms with Crippen molar-refractivity contribution in [2.45, 2.75) is 73.9 Å². The first-order valence-corrected chi connectivity index (χ1v) is 28.8. The van der Waals surface area contributed by atoms with E-state index in [4.69, 9.17) is 53.2 Å². The van der Waals surface area contributed by atoms with Crippen LogP contribution in [0.2, 0.25) is 0 Å². The maximum Gasteiger partial charge on any atom is 0.479 e. The molecule has 12 N–H and O–H groups in total. The molecule has 8 rings (SSSR count). The Morgan fingerprint density at radius 3 is 2.24 bits per heavy atom. The van der Waals surface area contributed by atoms with Gasteiger partial charge in [0, 0.05) is 39.0 Å². The van der Waals surface area contributed by atoms with E-state index in [0.29, 0.717) is 0 Å². The van der Waals surface area contributed by atoms with Crippen molar-refractivity contribution in [1.29, 1.82) is 0 Å². The van der Waals surface area contributed by atoms with Gasteiger partial charge in [0.05, 0.1) is 51.6 Å². The SMILES string of the molecule is COCC[C@H]1[C@@H](O)[C@H]([n+]2cn(C)c3c(=O)[nH]c(N)nc32)O[C@@H]1COP(=O)(O)OP(=O)(O)CCP(=O)(O)OC[C@H]1O[C@@H](n2cnc3c(N)ncnc32)[C@H](OC)[C@@H]1OP(=O)([O-])OCC1O[C@@H](n2ccc(=O)[nH]c2=O)[C@H](O)[C@@H]1O. The van der Waals surface area contributed by atoms with Crippen LogP contribution in [0.25, 0.3) is 22.3 Å². The number of imidazole rings is 2. The van der Waals surface area contributed by atoms with Crippen LogP contribution >= 0.6 is 30.8 Å². The average molecular weight is 1160 g/mol. The summed E-state index contributed by atoms with van der Waals surface area (Å²) in [4.78, 5) is 103. The molecule has 0 aliphatic carbocycles. The Bertz CT molecular complexity index is 3300. The van der Waals surface area contributed by atoms with E-state index in [0.717, 1.165) is 30.3 Å². The van der Waals surface area contributed by atoms with Crippen molar-refractivity contribution in [3.8, 4) is 0 Å². The topological polar surface area (TPSA) is 510 Å². The highest BCUT2D eigenvalue weighted by molar-refractivity contribution is 7.64. The third-order valence-electron chi connectivity index (χ3n) is 12.3. The van der Waals surface area contributed by atoms with Gasteiger partial charge < -0.3 is 83.6 Å². The summed E-state index contributed by atoms with van der Waals surface area (Å²) in [5.74, 6) is -1.17. The number of aromatic nitrogens is 10. The first kappa shape index (κ1) is 57.6. The number of methoxy groups -OCH3 is 2. The molecule has 5 aromatic heterocycles. The van der Waals surface area contributed by atoms with E-state index >= 15 is 0 Å². The average Bonchev–Trinajstić information content (AvgIpc) is 4.20. The Morgan fingerprint density at radius 1 is 0.829 bits per heavy atom. The van der Waals surface area contributed by atoms with Gasteiger partial charge in [0.25, 0.3) is 24.9 Å². The smallest absolute Gasteiger partial charge is 0.479 e. The standard InChI is InChI=1S/C36H52N12O24P4/c1-45-15-48(30-22(45)31(53)44-35(38)43-30)32-23(50)16(5-7-63-2)17(68-32)10-67-76(61,62)72-74(57,58)9-8-73(55,56)65-12-19-26(27(64-3)34(70-19)47-14-41-21-28(37)39-13-40-29(21)47)71-75(59,60)66-11-18-24(51)25(52)33(69-18)46-6-4-20(49)42-36(46)54/h4,6,13-19,23-27,32-34,50-52H,5,7-12H2,1-3H3,(H9-,37,38,39,40,42,43,44,49,53,54,55,56,57,58,59,60,61,62)/t16-,17-,18?,19-,23-,24-,25-,26-,27-,32-,33-,34-/m1/s1. The molecular formula is C36H52N12O24P4. The number of phosphoric ester groups is 2. The lowest BCUT2D eigenvalue weighted by molar-refractivity contribution is -0.745. The summed E-state index contributed by atoms with van der Waals surface area (Å²) in [5.41, 5.74) is 9.53. The number of rotatable bonds is 23. The molecule has 40 heteroatoms. The van der Waals surface area contributed by atoms with Crippen molar-refractivity contribution in [2.24, 2.45) is 13.0 Å². The number of aliphatic hydroxyl groups is 3. The van der Waals surface area contributed by atoms with E-state index in [-0.39, 0.29) is 47.1 Å². The first-order chi connectivity index (χ1) is 35.7. The molecule has 76 heavy (non-hydrogen) atoms. The summed E-state index contributed by atoms with van der Waals surface area (Å²) >= 11 is 0. The highest BCUT2D eigenvalue weighted by Crippen LogP contribution is 2.62. The number of nitrogens with zero attached hydrogens (tertiary/aromatic N) is 8. The Labute approximate surface area is 425 Å². The molecule has 0 bridgehead atoms. The molecule has 0 aromatic carbocycles. The molecule has 36 nitrogen and oxygen atoms in total. The zero-order chi connectivity index (χ0) is 55.2. The molecule has 3 aliphatic rings. The van der Waals surface area contributed by atoms with Crippen LogP contribution < -0.4 is 37.7 Å². The lowest BCUT2D eigenvalue weighted by Gasteiger charge is -2.31. The number of anilines is 2. The molecule has 8 heterocycles. The van der Waals surface area contributed by atoms with Crippen LogP contribution in [0.1, 0.15) is 25.1 Å². The summed E-state index contributed by atoms with van der Waals surface area (Å²) in [6, 6.07) is 0.932. The molecular weight excluding hydrogens is 1110 g/mol. The number of fused-ring (bicyclic) bond motifs is 2. The minimum Gasteiger partial charge on any atom is -0.756 e. The Balaban J connectivity index is 0.916. The summed E-state index contributed by atoms with van der Waals surface area (Å²) in [5, 5.41) is 32.6. The molecule has 3 saturated heterocycles. The minimum absolute atomic E-state index is 0.0238. The van der Waals surface area contributed by atoms with Crippen molar-refractivity contribution in [2.75, 3.05) is 64.4 Å². The maximum absolute atomic E-state index is 13.5. The van der Waals surface area contributed by atoms with Gasteiger partial charge in [-0.05, 0) is 6.42 Å². The predicted octanol–water partition coefficient (Wildman–Crippen LogP) is -4.06. The van der Waals surface area contributed by atoms with Gasteiger partial charge in [0.2, 0.25) is 11.7 Å². The van der Waals surface area contributed by atoms with E-state index in [1.165, 1.54) is 40.5 Å². The van der Waals surface area contributed by atoms with Gasteiger partial charge in [-0.15, -0.1) is 0 Å². The number of aromatic amines is 2. The number of nitrogens with two attached hydrogens (primary N) is 2. The van der Waals surface area contributed by atoms with Crippen LogP contribution in [0.15, 0.2) is 45.6 Å². The highest BCUT2D eigenvalue weighted by atomic mass is 31.3. The third-order valence-corrected chi connectivity index (χ3v) is 18.1. The van der Waals surface area contributed by atoms with E-state index in [1.807, 2.05) is 4.98 Å². The zero-order valence-electron chi connectivity index (χ0n) is 39.8. The molecule has 0 saturated carbocycles. The van der Waals surface area contributed by atoms with Gasteiger partial charge in [-0.3, -0.25) is 51.5 Å². The van der Waals surface area contributed by atoms with Crippen molar-refractivity contribution < 1.29 is 104 Å². The van der Waals surface area contributed by atoms with Gasteiger partial charge in [-0.25, -0.2) is 33.2 Å². The van der Waals surface area contributed by atoms with Crippen molar-refractivity contribution in [3.63, 3.8) is 0 Å². The van der Waals surface area contributed by atoms with Crippen LogP contribution in [-0.2, 0) is 71.4 Å². The van der Waals surface area contributed by atoms with Crippen molar-refractivity contribution in [1.82, 2.24) is 43.6 Å². The summed E-state index contributed by atoms with van der Waals surface area (Å²) in [6.45, 7) is -2.81. The minimum atomic E-state index is -5.62. The molecule has 420 valence electrons. The highest BCUT2D eigenvalue weighted by Gasteiger charge is 2.52. The normalized spacial score (nSPS) is 30.1. The van der Waals surface area contributed by atoms with Crippen molar-refractivity contribution >= 4 is 64.9 Å². The van der Waals surface area contributed by atoms with Gasteiger partial charge in [-0.1, -0.05) is 4.98 Å². The quantitative estimate of drug-likeness (QED) is 0.0220. The Morgan fingerprint density at radius 2 is 1.53 bits per heavy atom. The fourth-order valence-electron chi connectivity index (χ4n) is 8.72. The number of H-pyrrole nitrogens is 2. The van der Waals surface area contributed by atoms with Crippen LogP contribution in [0.3, 0.4) is 0 Å². The van der Waals surface area contributed by atoms with Crippen LogP contribution in [0.4, 0.5) is 11.8 Å². The molecule has 5 unspecified atom stereocenters. The second-order valence-corrected chi connectivity index (χ2v) is 24.3. The van der Waals surface area contributed by atoms with Gasteiger partial charge >= 0.3 is 34.4 Å². The Kier molecular flexibility index (Phi) is 17.2. The molecule has 3 fully saturated rings. The number of nitrogen functional groups attached to an aromatic ring is 2. The van der Waals surface area contributed by atoms with Crippen LogP contribution in [-0.4, -0.2) is 175 Å². The third kappa shape index (κ3) is 12.5. The second kappa shape index (κ2) is 22.6. The zero-order valence-corrected chi connectivity index (χ0v) is 43.4. The van der Waals surface area contributed by atoms with Gasteiger partial charge in [0.15, 0.2) is 30.2 Å². The molecule has 16 atom stereocenters. The number of ether oxygens (including phenoxy) is 5. The number of hydrogen-bond acceptors (Lipinski definition) is 27. The summed E-state index contributed by atoms with van der Waals surface area (Å²) < 4.78 is 111. The molecule has 0 spiro atoms. The number of hydrogen-bond donors (Lipinski definition) is 10. The fraction of sp³-hybridized carbons (Fsp3) is 0.611. The number of phosphoric acid groups is 2. The largest absolute Gasteiger partial charge is 0.756 e. The molecule has 0 radical (unpaired) electrons. The monoisotopic (exact) mass is 1160 g/mol. The van der Waals surface area contributed by atoms with E-state index < -0.39 is 153 Å². The first-order valence-electron chi connectivity index (χ1n) is 22.4. The second-order valence-electron chi connectivity index (χ2n) is 17.3. The molecule has 5 aromatic rings. The lowest BCUT2D eigenvalue weighted by Crippen LogP contribution is -2.45. The van der Waals surface area contributed by atoms with Gasteiger partial charge in [0.1, 0.15) is 54.6 Å². The fourth-order valence-corrected chi connectivity index (χ4v) is 14.3. The lowest BCUT2D eigenvalue weighted by atomic mass is 9.95. The predicted molar refractivity (Wildman–Crippen MR) is 248 cm³/mol. The maximum atomic E-state index is 13.5. The number of aliphatic hydroxyl groups excluding tert-OH is 3. The summed E-state index contributed by atoms with van der Waals surface area (Å²) in [7, 11) is -17.5. The Hall–Kier alpha value is -4.58. The van der Waals surface area contributed by atoms with Gasteiger partial charge in [-0.2, -0.15) is 0 Å². The number of aryl methyl sites for hydroxylation is 1. The van der Waals surface area contributed by atoms with Crippen LogP contribution in [0, 0.1) is 5.92 Å². The molecule has 0 amide bonds. The van der Waals surface area contributed by atoms with E-state index in [1.54, 1.807) is 0 Å². The van der Waals surface area contributed by atoms with E-state index in [2.05, 4.69) is 29.2 Å². The number of nitrogens with one attached hydrogen (secondary N) is 2. The van der Waals surface area contributed by atoms with Crippen LogP contribution in [0.5, 0.6) is 0 Å². The van der Waals surface area contributed by atoms with E-state index in [9.17, 15) is 67.5 Å².